The van der Waals surface area contributed by atoms with E-state index < -0.39 is 0 Å². The number of carbonyl (C=O) groups excluding carboxylic acids is 1. The van der Waals surface area contributed by atoms with Gasteiger partial charge in [-0.3, -0.25) is 4.79 Å². The van der Waals surface area contributed by atoms with E-state index in [0.717, 1.165) is 25.7 Å². The zero-order chi connectivity index (χ0) is 15.2. The molecule has 1 saturated carbocycles. The van der Waals surface area contributed by atoms with Gasteiger partial charge < -0.3 is 16.0 Å². The lowest BCUT2D eigenvalue weighted by Gasteiger charge is -2.33. The van der Waals surface area contributed by atoms with Crippen LogP contribution >= 0.6 is 0 Å². The van der Waals surface area contributed by atoms with Crippen LogP contribution in [0, 0.1) is 5.82 Å². The van der Waals surface area contributed by atoms with E-state index >= 15 is 0 Å². The molecule has 0 spiro atoms. The molecule has 116 valence electrons. The second kappa shape index (κ2) is 7.52. The van der Waals surface area contributed by atoms with Crippen LogP contribution < -0.4 is 11.1 Å². The smallest absolute Gasteiger partial charge is 0.225 e. The van der Waals surface area contributed by atoms with Crippen LogP contribution in [0.4, 0.5) is 10.1 Å². The Balaban J connectivity index is 1.73. The summed E-state index contributed by atoms with van der Waals surface area (Å²) in [6.45, 7) is 0.709. The van der Waals surface area contributed by atoms with Crippen molar-refractivity contribution < 1.29 is 9.18 Å². The number of anilines is 1. The van der Waals surface area contributed by atoms with Gasteiger partial charge in [-0.1, -0.05) is 6.07 Å². The lowest BCUT2D eigenvalue weighted by molar-refractivity contribution is -0.116. The fourth-order valence-corrected chi connectivity index (χ4v) is 2.79. The van der Waals surface area contributed by atoms with Crippen LogP contribution in [0.25, 0.3) is 0 Å². The Morgan fingerprint density at radius 1 is 1.38 bits per heavy atom. The predicted octanol–water partition coefficient (Wildman–Crippen LogP) is 2.36. The van der Waals surface area contributed by atoms with Crippen LogP contribution in [0.1, 0.15) is 32.1 Å². The molecule has 1 aliphatic carbocycles. The molecule has 1 aromatic carbocycles. The molecule has 1 fully saturated rings. The number of nitrogens with two attached hydrogens (primary N) is 1. The first-order chi connectivity index (χ1) is 10.0. The largest absolute Gasteiger partial charge is 0.328 e. The molecule has 0 saturated heterocycles. The summed E-state index contributed by atoms with van der Waals surface area (Å²) in [5.74, 6) is -0.427. The first-order valence-corrected chi connectivity index (χ1v) is 7.56. The van der Waals surface area contributed by atoms with Crippen molar-refractivity contribution in [2.75, 3.05) is 18.9 Å². The Bertz CT molecular complexity index is 472. The highest BCUT2D eigenvalue weighted by Crippen LogP contribution is 2.21. The van der Waals surface area contributed by atoms with Crippen LogP contribution in [0.3, 0.4) is 0 Å². The molecule has 1 aliphatic rings. The first kappa shape index (κ1) is 15.9. The van der Waals surface area contributed by atoms with E-state index in [0.29, 0.717) is 30.7 Å². The number of hydrogen-bond donors (Lipinski definition) is 2. The molecule has 0 bridgehead atoms. The third-order valence-electron chi connectivity index (χ3n) is 4.16. The Hall–Kier alpha value is -1.46. The maximum Gasteiger partial charge on any atom is 0.225 e. The minimum Gasteiger partial charge on any atom is -0.328 e. The maximum absolute atomic E-state index is 13.0. The van der Waals surface area contributed by atoms with E-state index in [9.17, 15) is 9.18 Å². The van der Waals surface area contributed by atoms with Crippen molar-refractivity contribution in [2.24, 2.45) is 5.73 Å². The summed E-state index contributed by atoms with van der Waals surface area (Å²) >= 11 is 0. The fraction of sp³-hybridized carbons (Fsp3) is 0.562. The predicted molar refractivity (Wildman–Crippen MR) is 82.5 cm³/mol. The van der Waals surface area contributed by atoms with Gasteiger partial charge in [-0.25, -0.2) is 4.39 Å². The summed E-state index contributed by atoms with van der Waals surface area (Å²) in [7, 11) is 2.05. The average molecular weight is 293 g/mol. The number of amides is 1. The fourth-order valence-electron chi connectivity index (χ4n) is 2.79. The Morgan fingerprint density at radius 2 is 2.10 bits per heavy atom. The molecule has 0 unspecified atom stereocenters. The Kier molecular flexibility index (Phi) is 5.70. The molecule has 2 rings (SSSR count). The zero-order valence-corrected chi connectivity index (χ0v) is 12.5. The molecule has 4 nitrogen and oxygen atoms in total. The third-order valence-corrected chi connectivity index (χ3v) is 4.16. The van der Waals surface area contributed by atoms with Crippen LogP contribution in [-0.4, -0.2) is 36.5 Å². The van der Waals surface area contributed by atoms with Gasteiger partial charge in [0.1, 0.15) is 5.82 Å². The molecule has 3 N–H and O–H groups in total. The number of nitrogens with zero attached hydrogens (tertiary/aromatic N) is 1. The van der Waals surface area contributed by atoms with E-state index in [1.54, 1.807) is 12.1 Å². The first-order valence-electron chi connectivity index (χ1n) is 7.56. The normalized spacial score (nSPS) is 22.3. The lowest BCUT2D eigenvalue weighted by Crippen LogP contribution is -2.39. The SMILES string of the molecule is CN(CCC(=O)Nc1cccc(F)c1)C1CCC(N)CC1. The van der Waals surface area contributed by atoms with E-state index in [2.05, 4.69) is 17.3 Å². The monoisotopic (exact) mass is 293 g/mol. The van der Waals surface area contributed by atoms with Crippen LogP contribution in [0.5, 0.6) is 0 Å². The minimum absolute atomic E-state index is 0.0834. The summed E-state index contributed by atoms with van der Waals surface area (Å²) < 4.78 is 13.0. The molecular formula is C16H24FN3O. The Morgan fingerprint density at radius 3 is 2.76 bits per heavy atom. The van der Waals surface area contributed by atoms with Crippen LogP contribution in [-0.2, 0) is 4.79 Å². The maximum atomic E-state index is 13.0. The quantitative estimate of drug-likeness (QED) is 0.876. The molecule has 0 atom stereocenters. The van der Waals surface area contributed by atoms with E-state index in [1.165, 1.54) is 12.1 Å². The van der Waals surface area contributed by atoms with Crippen molar-refractivity contribution in [1.29, 1.82) is 0 Å². The topological polar surface area (TPSA) is 58.4 Å². The summed E-state index contributed by atoms with van der Waals surface area (Å²) in [5, 5.41) is 2.72. The number of rotatable bonds is 5. The van der Waals surface area contributed by atoms with Gasteiger partial charge in [0.25, 0.3) is 0 Å². The molecule has 1 aromatic rings. The number of halogens is 1. The molecule has 21 heavy (non-hydrogen) atoms. The van der Waals surface area contributed by atoms with Gasteiger partial charge in [0, 0.05) is 30.7 Å². The van der Waals surface area contributed by atoms with Gasteiger partial charge in [-0.15, -0.1) is 0 Å². The summed E-state index contributed by atoms with van der Waals surface area (Å²) in [6, 6.07) is 6.81. The minimum atomic E-state index is -0.344. The molecule has 0 aromatic heterocycles. The van der Waals surface area contributed by atoms with E-state index in [-0.39, 0.29) is 11.7 Å². The van der Waals surface area contributed by atoms with Crippen LogP contribution in [0.2, 0.25) is 0 Å². The molecule has 5 heteroatoms. The lowest BCUT2D eigenvalue weighted by atomic mass is 9.91. The van der Waals surface area contributed by atoms with Gasteiger partial charge in [0.2, 0.25) is 5.91 Å². The highest BCUT2D eigenvalue weighted by Gasteiger charge is 2.22. The van der Waals surface area contributed by atoms with Crippen LogP contribution in [0.15, 0.2) is 24.3 Å². The van der Waals surface area contributed by atoms with Crippen molar-refractivity contribution in [3.05, 3.63) is 30.1 Å². The van der Waals surface area contributed by atoms with E-state index in [1.807, 2.05) is 0 Å². The van der Waals surface area contributed by atoms with Crippen molar-refractivity contribution in [3.8, 4) is 0 Å². The van der Waals surface area contributed by atoms with Crippen molar-refractivity contribution >= 4 is 11.6 Å². The standard InChI is InChI=1S/C16H24FN3O/c1-20(15-7-5-13(18)6-8-15)10-9-16(21)19-14-4-2-3-12(17)11-14/h2-4,11,13,15H,5-10,18H2,1H3,(H,19,21). The number of hydrogen-bond acceptors (Lipinski definition) is 3. The Labute approximate surface area is 125 Å². The molecule has 1 amide bonds. The van der Waals surface area contributed by atoms with Gasteiger partial charge in [0.15, 0.2) is 0 Å². The van der Waals surface area contributed by atoms with Crippen molar-refractivity contribution in [3.63, 3.8) is 0 Å². The second-order valence-electron chi connectivity index (χ2n) is 5.86. The van der Waals surface area contributed by atoms with Gasteiger partial charge in [0.05, 0.1) is 0 Å². The van der Waals surface area contributed by atoms with E-state index in [4.69, 9.17) is 5.73 Å². The summed E-state index contributed by atoms with van der Waals surface area (Å²) in [5.41, 5.74) is 6.41. The van der Waals surface area contributed by atoms with Crippen molar-refractivity contribution in [2.45, 2.75) is 44.2 Å². The van der Waals surface area contributed by atoms with Gasteiger partial charge >= 0.3 is 0 Å². The highest BCUT2D eigenvalue weighted by atomic mass is 19.1. The van der Waals surface area contributed by atoms with Gasteiger partial charge in [-0.05, 0) is 50.9 Å². The molecular weight excluding hydrogens is 269 g/mol. The van der Waals surface area contributed by atoms with Gasteiger partial charge in [-0.2, -0.15) is 0 Å². The average Bonchev–Trinajstić information content (AvgIpc) is 2.45. The summed E-state index contributed by atoms with van der Waals surface area (Å²) in [6.07, 6.45) is 4.73. The second-order valence-corrected chi connectivity index (χ2v) is 5.86. The number of benzene rings is 1. The zero-order valence-electron chi connectivity index (χ0n) is 12.5. The molecule has 0 heterocycles. The molecule has 0 aliphatic heterocycles. The summed E-state index contributed by atoms with van der Waals surface area (Å²) in [4.78, 5) is 14.1. The number of nitrogens with one attached hydrogen (secondary N) is 1. The molecule has 0 radical (unpaired) electrons. The third kappa shape index (κ3) is 5.10. The van der Waals surface area contributed by atoms with Crippen molar-refractivity contribution in [1.82, 2.24) is 4.90 Å². The highest BCUT2D eigenvalue weighted by molar-refractivity contribution is 5.90. The number of carbonyl (C=O) groups is 1.